The fraction of sp³-hybridized carbons (Fsp3) is 0.467. The summed E-state index contributed by atoms with van der Waals surface area (Å²) in [5.74, 6) is -0.227. The highest BCUT2D eigenvalue weighted by Crippen LogP contribution is 2.55. The normalized spacial score (nSPS) is 27.8. The predicted octanol–water partition coefficient (Wildman–Crippen LogP) is 2.57. The fourth-order valence-corrected chi connectivity index (χ4v) is 4.84. The maximum atomic E-state index is 12.7. The lowest BCUT2D eigenvalue weighted by molar-refractivity contribution is 0.138. The van der Waals surface area contributed by atoms with Crippen LogP contribution >= 0.6 is 0 Å². The topological polar surface area (TPSA) is 54.4 Å². The van der Waals surface area contributed by atoms with E-state index in [9.17, 15) is 13.5 Å². The molecule has 1 aliphatic carbocycles. The van der Waals surface area contributed by atoms with E-state index in [1.807, 2.05) is 6.92 Å². The summed E-state index contributed by atoms with van der Waals surface area (Å²) in [4.78, 5) is 0.307. The van der Waals surface area contributed by atoms with Crippen LogP contribution in [0, 0.1) is 5.92 Å². The van der Waals surface area contributed by atoms with Crippen LogP contribution in [0.3, 0.4) is 0 Å². The van der Waals surface area contributed by atoms with Gasteiger partial charge in [-0.25, -0.2) is 8.42 Å². The molecule has 0 heterocycles. The van der Waals surface area contributed by atoms with Crippen LogP contribution in [0.15, 0.2) is 47.9 Å². The molecule has 3 atom stereocenters. The molecule has 3 nitrogen and oxygen atoms in total. The first-order valence-electron chi connectivity index (χ1n) is 6.61. The van der Waals surface area contributed by atoms with Gasteiger partial charge in [-0.3, -0.25) is 0 Å². The Morgan fingerprint density at radius 3 is 2.63 bits per heavy atom. The summed E-state index contributed by atoms with van der Waals surface area (Å²) >= 11 is 0. The second kappa shape index (κ2) is 5.10. The molecule has 0 saturated heterocycles. The highest BCUT2D eigenvalue weighted by Gasteiger charge is 2.64. The van der Waals surface area contributed by atoms with E-state index >= 15 is 0 Å². The van der Waals surface area contributed by atoms with Crippen molar-refractivity contribution in [1.29, 1.82) is 0 Å². The SMILES string of the molecule is C=C[C@]1(S(=O)(=O)c2ccccc2)C[C@@H]1[C@@H](O)CCC. The van der Waals surface area contributed by atoms with Gasteiger partial charge in [0.25, 0.3) is 0 Å². The van der Waals surface area contributed by atoms with Gasteiger partial charge >= 0.3 is 0 Å². The average molecular weight is 280 g/mol. The molecule has 1 saturated carbocycles. The van der Waals surface area contributed by atoms with Crippen molar-refractivity contribution in [3.05, 3.63) is 43.0 Å². The van der Waals surface area contributed by atoms with Gasteiger partial charge in [-0.2, -0.15) is 0 Å². The molecular weight excluding hydrogens is 260 g/mol. The Bertz CT molecular complexity index is 550. The van der Waals surface area contributed by atoms with Gasteiger partial charge in [-0.1, -0.05) is 37.6 Å². The van der Waals surface area contributed by atoms with E-state index in [2.05, 4.69) is 6.58 Å². The van der Waals surface area contributed by atoms with E-state index in [-0.39, 0.29) is 5.92 Å². The monoisotopic (exact) mass is 280 g/mol. The van der Waals surface area contributed by atoms with E-state index in [1.54, 1.807) is 30.3 Å². The van der Waals surface area contributed by atoms with Crippen LogP contribution in [0.5, 0.6) is 0 Å². The Hall–Kier alpha value is -1.13. The Balaban J connectivity index is 2.32. The molecule has 0 bridgehead atoms. The van der Waals surface area contributed by atoms with Gasteiger partial charge in [0.15, 0.2) is 9.84 Å². The largest absolute Gasteiger partial charge is 0.393 e. The maximum absolute atomic E-state index is 12.7. The van der Waals surface area contributed by atoms with E-state index in [0.29, 0.717) is 17.7 Å². The number of hydrogen-bond acceptors (Lipinski definition) is 3. The van der Waals surface area contributed by atoms with Crippen molar-refractivity contribution in [2.24, 2.45) is 5.92 Å². The zero-order valence-electron chi connectivity index (χ0n) is 11.1. The molecule has 2 rings (SSSR count). The van der Waals surface area contributed by atoms with Crippen molar-refractivity contribution >= 4 is 9.84 Å². The van der Waals surface area contributed by atoms with Gasteiger partial charge < -0.3 is 5.11 Å². The molecule has 1 N–H and O–H groups in total. The van der Waals surface area contributed by atoms with Gasteiger partial charge in [-0.05, 0) is 25.0 Å². The van der Waals surface area contributed by atoms with Crippen LogP contribution in [0.4, 0.5) is 0 Å². The first-order chi connectivity index (χ1) is 8.99. The van der Waals surface area contributed by atoms with Gasteiger partial charge in [0.2, 0.25) is 0 Å². The zero-order valence-corrected chi connectivity index (χ0v) is 11.9. The third-order valence-corrected chi connectivity index (χ3v) is 6.48. The lowest BCUT2D eigenvalue weighted by atomic mass is 10.1. The number of sulfone groups is 1. The molecule has 0 spiro atoms. The summed E-state index contributed by atoms with van der Waals surface area (Å²) in [6.45, 7) is 5.67. The number of hydrogen-bond donors (Lipinski definition) is 1. The molecular formula is C15H20O3S. The summed E-state index contributed by atoms with van der Waals surface area (Å²) in [7, 11) is -3.47. The zero-order chi connectivity index (χ0) is 14.1. The molecule has 1 aromatic carbocycles. The van der Waals surface area contributed by atoms with Crippen molar-refractivity contribution in [2.75, 3.05) is 0 Å². The summed E-state index contributed by atoms with van der Waals surface area (Å²) in [6, 6.07) is 8.41. The van der Waals surface area contributed by atoms with Crippen molar-refractivity contribution in [1.82, 2.24) is 0 Å². The number of benzene rings is 1. The summed E-state index contributed by atoms with van der Waals surface area (Å²) in [5.41, 5.74) is 0. The van der Waals surface area contributed by atoms with Crippen LogP contribution < -0.4 is 0 Å². The standard InChI is InChI=1S/C15H20O3S/c1-3-8-14(16)13-11-15(13,4-2)19(17,18)12-9-6-5-7-10-12/h4-7,9-10,13-14,16H,2-3,8,11H2,1H3/t13-,14+,15+/m1/s1. The molecule has 1 aromatic rings. The number of aliphatic hydroxyl groups excluding tert-OH is 1. The predicted molar refractivity (Wildman–Crippen MR) is 75.6 cm³/mol. The molecule has 0 amide bonds. The minimum absolute atomic E-state index is 0.227. The second-order valence-corrected chi connectivity index (χ2v) is 7.38. The van der Waals surface area contributed by atoms with E-state index in [1.165, 1.54) is 6.08 Å². The van der Waals surface area contributed by atoms with Crippen LogP contribution in [-0.4, -0.2) is 24.4 Å². The smallest absolute Gasteiger partial charge is 0.188 e. The van der Waals surface area contributed by atoms with Gasteiger partial charge in [-0.15, -0.1) is 6.58 Å². The first-order valence-corrected chi connectivity index (χ1v) is 8.09. The highest BCUT2D eigenvalue weighted by atomic mass is 32.2. The molecule has 1 fully saturated rings. The lowest BCUT2D eigenvalue weighted by Crippen LogP contribution is -2.27. The van der Waals surface area contributed by atoms with Crippen molar-refractivity contribution in [3.8, 4) is 0 Å². The molecule has 4 heteroatoms. The number of rotatable bonds is 6. The molecule has 0 radical (unpaired) electrons. The van der Waals surface area contributed by atoms with Crippen molar-refractivity contribution < 1.29 is 13.5 Å². The van der Waals surface area contributed by atoms with Crippen molar-refractivity contribution in [2.45, 2.75) is 41.9 Å². The Kier molecular flexibility index (Phi) is 3.83. The maximum Gasteiger partial charge on any atom is 0.188 e. The minimum Gasteiger partial charge on any atom is -0.393 e. The van der Waals surface area contributed by atoms with Gasteiger partial charge in [0.05, 0.1) is 11.0 Å². The summed E-state index contributed by atoms with van der Waals surface area (Å²) < 4.78 is 24.4. The van der Waals surface area contributed by atoms with Gasteiger partial charge in [0, 0.05) is 5.92 Å². The van der Waals surface area contributed by atoms with Crippen LogP contribution in [-0.2, 0) is 9.84 Å². The Morgan fingerprint density at radius 1 is 1.47 bits per heavy atom. The minimum atomic E-state index is -3.47. The summed E-state index contributed by atoms with van der Waals surface area (Å²) in [5, 5.41) is 10.1. The van der Waals surface area contributed by atoms with E-state index in [4.69, 9.17) is 0 Å². The Labute approximate surface area is 114 Å². The van der Waals surface area contributed by atoms with Gasteiger partial charge in [0.1, 0.15) is 4.75 Å². The average Bonchev–Trinajstić information content (AvgIpc) is 3.17. The van der Waals surface area contributed by atoms with E-state index < -0.39 is 20.7 Å². The van der Waals surface area contributed by atoms with Crippen LogP contribution in [0.25, 0.3) is 0 Å². The highest BCUT2D eigenvalue weighted by molar-refractivity contribution is 7.93. The Morgan fingerprint density at radius 2 is 2.11 bits per heavy atom. The van der Waals surface area contributed by atoms with E-state index in [0.717, 1.165) is 6.42 Å². The third kappa shape index (κ3) is 2.23. The van der Waals surface area contributed by atoms with Crippen LogP contribution in [0.1, 0.15) is 26.2 Å². The molecule has 0 aromatic heterocycles. The second-order valence-electron chi connectivity index (χ2n) is 5.14. The molecule has 104 valence electrons. The lowest BCUT2D eigenvalue weighted by Gasteiger charge is -2.17. The third-order valence-electron chi connectivity index (χ3n) is 3.95. The first kappa shape index (κ1) is 14.3. The molecule has 19 heavy (non-hydrogen) atoms. The van der Waals surface area contributed by atoms with Crippen molar-refractivity contribution in [3.63, 3.8) is 0 Å². The molecule has 0 aliphatic heterocycles. The van der Waals surface area contributed by atoms with Crippen LogP contribution in [0.2, 0.25) is 0 Å². The number of aliphatic hydroxyl groups is 1. The quantitative estimate of drug-likeness (QED) is 0.815. The molecule has 1 aliphatic rings. The summed E-state index contributed by atoms with van der Waals surface area (Å²) in [6.07, 6.45) is 2.87. The fourth-order valence-electron chi connectivity index (χ4n) is 2.72. The molecule has 0 unspecified atom stereocenters.